The number of nitrogens with zero attached hydrogens (tertiary/aromatic N) is 3. The average Bonchev–Trinajstić information content (AvgIpc) is 3.35. The van der Waals surface area contributed by atoms with Crippen molar-refractivity contribution in [2.45, 2.75) is 57.3 Å². The lowest BCUT2D eigenvalue weighted by atomic mass is 9.95. The molecule has 0 spiro atoms. The van der Waals surface area contributed by atoms with Crippen LogP contribution in [0, 0.1) is 5.82 Å². The summed E-state index contributed by atoms with van der Waals surface area (Å²) >= 11 is 0. The van der Waals surface area contributed by atoms with E-state index in [9.17, 15) is 9.18 Å². The molecule has 9 heteroatoms. The molecule has 1 amide bonds. The number of benzene rings is 2. The van der Waals surface area contributed by atoms with E-state index in [0.717, 1.165) is 11.1 Å². The molecule has 0 radical (unpaired) electrons. The molecule has 1 aliphatic rings. The number of amides is 1. The van der Waals surface area contributed by atoms with Crippen molar-refractivity contribution >= 4 is 20.4 Å². The van der Waals surface area contributed by atoms with E-state index in [0.29, 0.717) is 30.9 Å². The molecular weight excluding hydrogens is 463 g/mol. The lowest BCUT2D eigenvalue weighted by Gasteiger charge is -2.36. The summed E-state index contributed by atoms with van der Waals surface area (Å²) < 4.78 is 25.3. The molecule has 188 valence electrons. The van der Waals surface area contributed by atoms with Crippen molar-refractivity contribution in [1.82, 2.24) is 5.32 Å². The molecule has 3 rings (SSSR count). The zero-order chi connectivity index (χ0) is 25.6. The maximum atomic E-state index is 13.5. The van der Waals surface area contributed by atoms with Crippen molar-refractivity contribution in [3.8, 4) is 5.75 Å². The largest absolute Gasteiger partial charge is 0.496 e. The summed E-state index contributed by atoms with van der Waals surface area (Å²) in [4.78, 5) is 13.2. The molecule has 0 fully saturated rings. The molecular formula is C26H35FN4O3Si. The minimum atomic E-state index is -1.90. The smallest absolute Gasteiger partial charge is 0.255 e. The van der Waals surface area contributed by atoms with Crippen molar-refractivity contribution in [2.75, 3.05) is 20.3 Å². The first kappa shape index (κ1) is 26.7. The predicted octanol–water partition coefficient (Wildman–Crippen LogP) is 6.25. The summed E-state index contributed by atoms with van der Waals surface area (Å²) in [6.45, 7) is 12.0. The van der Waals surface area contributed by atoms with Crippen LogP contribution in [0.5, 0.6) is 5.75 Å². The van der Waals surface area contributed by atoms with E-state index in [1.807, 2.05) is 6.07 Å². The molecule has 2 atom stereocenters. The maximum absolute atomic E-state index is 13.5. The van der Waals surface area contributed by atoms with Crippen LogP contribution in [0.2, 0.25) is 18.1 Å². The van der Waals surface area contributed by atoms with E-state index in [4.69, 9.17) is 9.16 Å². The van der Waals surface area contributed by atoms with Gasteiger partial charge in [-0.05, 0) is 65.2 Å². The molecule has 1 heterocycles. The molecule has 0 saturated heterocycles. The first-order valence-electron chi connectivity index (χ1n) is 11.8. The number of carbonyl (C=O) groups excluding carboxylic acids is 1. The van der Waals surface area contributed by atoms with E-state index in [1.54, 1.807) is 30.5 Å². The zero-order valence-electron chi connectivity index (χ0n) is 21.3. The molecule has 7 nitrogen and oxygen atoms in total. The van der Waals surface area contributed by atoms with Gasteiger partial charge >= 0.3 is 0 Å². The zero-order valence-corrected chi connectivity index (χ0v) is 22.3. The third-order valence-electron chi connectivity index (χ3n) is 6.83. The Morgan fingerprint density at radius 2 is 1.89 bits per heavy atom. The van der Waals surface area contributed by atoms with Crippen LogP contribution in [0.15, 0.2) is 57.9 Å². The van der Waals surface area contributed by atoms with Crippen LogP contribution in [0.25, 0.3) is 0 Å². The molecule has 0 aliphatic carbocycles. The number of hydrogen-bond acceptors (Lipinski definition) is 6. The van der Waals surface area contributed by atoms with Gasteiger partial charge in [-0.3, -0.25) is 4.79 Å². The van der Waals surface area contributed by atoms with Gasteiger partial charge in [-0.25, -0.2) is 4.39 Å². The molecule has 2 aromatic carbocycles. The average molecular weight is 499 g/mol. The monoisotopic (exact) mass is 498 g/mol. The summed E-state index contributed by atoms with van der Waals surface area (Å²) in [6.07, 6.45) is 2.32. The number of rotatable bonds is 10. The van der Waals surface area contributed by atoms with Gasteiger partial charge in [-0.15, -0.1) is 5.10 Å². The minimum Gasteiger partial charge on any atom is -0.496 e. The van der Waals surface area contributed by atoms with Gasteiger partial charge in [0, 0.05) is 19.1 Å². The van der Waals surface area contributed by atoms with Gasteiger partial charge in [0.25, 0.3) is 5.91 Å². The highest BCUT2D eigenvalue weighted by molar-refractivity contribution is 6.74. The molecule has 0 bridgehead atoms. The lowest BCUT2D eigenvalue weighted by Crippen LogP contribution is -2.41. The van der Waals surface area contributed by atoms with E-state index in [-0.39, 0.29) is 28.7 Å². The van der Waals surface area contributed by atoms with Crippen molar-refractivity contribution in [2.24, 2.45) is 15.4 Å². The van der Waals surface area contributed by atoms with Crippen LogP contribution >= 0.6 is 0 Å². The van der Waals surface area contributed by atoms with Gasteiger partial charge in [-0.2, -0.15) is 5.11 Å². The molecule has 35 heavy (non-hydrogen) atoms. The number of nitrogens with one attached hydrogen (secondary N) is 1. The van der Waals surface area contributed by atoms with E-state index >= 15 is 0 Å². The molecule has 2 unspecified atom stereocenters. The Bertz CT molecular complexity index is 1070. The molecule has 1 aliphatic heterocycles. The Morgan fingerprint density at radius 3 is 2.49 bits per heavy atom. The van der Waals surface area contributed by atoms with Gasteiger partial charge in [0.15, 0.2) is 8.32 Å². The Labute approximate surface area is 208 Å². The number of ether oxygens (including phenoxy) is 1. The standard InChI is InChI=1S/C26H35FN4O3Si/c1-26(2,3)35(5,6)34-14-13-20(18-7-10-21(27)11-8-18)16-28-25(32)22-15-19(9-12-24(22)33-4)23-17-29-31-30-23/h7-12,15,17,20,23H,13-14,16H2,1-6H3,(H,28,32). The highest BCUT2D eigenvalue weighted by Gasteiger charge is 2.37. The van der Waals surface area contributed by atoms with Crippen molar-refractivity contribution < 1.29 is 18.3 Å². The van der Waals surface area contributed by atoms with Gasteiger partial charge < -0.3 is 14.5 Å². The topological polar surface area (TPSA) is 84.6 Å². The van der Waals surface area contributed by atoms with Crippen LogP contribution in [0.4, 0.5) is 4.39 Å². The Morgan fingerprint density at radius 1 is 1.17 bits per heavy atom. The molecule has 1 N–H and O–H groups in total. The van der Waals surface area contributed by atoms with Crippen LogP contribution in [-0.2, 0) is 4.43 Å². The fourth-order valence-corrected chi connectivity index (χ4v) is 4.61. The second kappa shape index (κ2) is 11.2. The highest BCUT2D eigenvalue weighted by atomic mass is 28.4. The Balaban J connectivity index is 1.73. The Hall–Kier alpha value is -2.91. The van der Waals surface area contributed by atoms with Gasteiger partial charge in [0.1, 0.15) is 17.6 Å². The SMILES string of the molecule is COc1ccc(C2C=NN=N2)cc1C(=O)NCC(CCO[Si](C)(C)C(C)(C)C)c1ccc(F)cc1. The molecule has 2 aromatic rings. The minimum absolute atomic E-state index is 0.0331. The van der Waals surface area contributed by atoms with Crippen molar-refractivity contribution in [3.63, 3.8) is 0 Å². The maximum Gasteiger partial charge on any atom is 0.255 e. The third kappa shape index (κ3) is 6.82. The van der Waals surface area contributed by atoms with Crippen LogP contribution in [0.1, 0.15) is 60.6 Å². The summed E-state index contributed by atoms with van der Waals surface area (Å²) in [5.41, 5.74) is 2.17. The molecule has 0 aromatic heterocycles. The normalized spacial score (nSPS) is 16.4. The van der Waals surface area contributed by atoms with Gasteiger partial charge in [0.2, 0.25) is 0 Å². The quantitative estimate of drug-likeness (QED) is 0.393. The highest BCUT2D eigenvalue weighted by Crippen LogP contribution is 2.37. The lowest BCUT2D eigenvalue weighted by molar-refractivity contribution is 0.0946. The van der Waals surface area contributed by atoms with Crippen LogP contribution in [0.3, 0.4) is 0 Å². The first-order valence-corrected chi connectivity index (χ1v) is 14.7. The fraction of sp³-hybridized carbons (Fsp3) is 0.462. The number of carbonyl (C=O) groups is 1. The number of methoxy groups -OCH3 is 1. The van der Waals surface area contributed by atoms with Crippen LogP contribution < -0.4 is 10.1 Å². The van der Waals surface area contributed by atoms with Gasteiger partial charge in [0.05, 0.1) is 18.9 Å². The second-order valence-corrected chi connectivity index (χ2v) is 15.0. The summed E-state index contributed by atoms with van der Waals surface area (Å²) in [7, 11) is -0.372. The summed E-state index contributed by atoms with van der Waals surface area (Å²) in [5.74, 6) is -0.108. The van der Waals surface area contributed by atoms with Crippen molar-refractivity contribution in [3.05, 3.63) is 65.0 Å². The number of hydrogen-bond donors (Lipinski definition) is 1. The first-order chi connectivity index (χ1) is 16.5. The molecule has 0 saturated carbocycles. The van der Waals surface area contributed by atoms with E-state index < -0.39 is 8.32 Å². The summed E-state index contributed by atoms with van der Waals surface area (Å²) in [6, 6.07) is 11.5. The van der Waals surface area contributed by atoms with E-state index in [1.165, 1.54) is 19.2 Å². The second-order valence-electron chi connectivity index (χ2n) is 10.2. The fourth-order valence-electron chi connectivity index (χ4n) is 3.55. The predicted molar refractivity (Wildman–Crippen MR) is 138 cm³/mol. The Kier molecular flexibility index (Phi) is 8.55. The van der Waals surface area contributed by atoms with E-state index in [2.05, 4.69) is 54.6 Å². The summed E-state index contributed by atoms with van der Waals surface area (Å²) in [5, 5.41) is 14.6. The van der Waals surface area contributed by atoms with Crippen molar-refractivity contribution in [1.29, 1.82) is 0 Å². The number of halogens is 1. The van der Waals surface area contributed by atoms with Gasteiger partial charge in [-0.1, -0.05) is 39.0 Å². The van der Waals surface area contributed by atoms with Crippen LogP contribution in [-0.4, -0.2) is 40.7 Å². The third-order valence-corrected chi connectivity index (χ3v) is 11.4.